The Kier molecular flexibility index (Phi) is 6.86. The first kappa shape index (κ1) is 24.6. The Morgan fingerprint density at radius 2 is 1.44 bits per heavy atom. The molecule has 0 saturated heterocycles. The number of benzene rings is 3. The van der Waals surface area contributed by atoms with Crippen molar-refractivity contribution in [3.63, 3.8) is 0 Å². The van der Waals surface area contributed by atoms with E-state index in [1.165, 1.54) is 23.0 Å². The summed E-state index contributed by atoms with van der Waals surface area (Å²) in [7, 11) is 0. The summed E-state index contributed by atoms with van der Waals surface area (Å²) in [6.07, 6.45) is -2.96. The minimum absolute atomic E-state index is 0.200. The zero-order valence-corrected chi connectivity index (χ0v) is 18.9. The summed E-state index contributed by atoms with van der Waals surface area (Å²) in [4.78, 5) is 0. The van der Waals surface area contributed by atoms with E-state index in [9.17, 15) is 22.0 Å². The number of hydrogen-bond acceptors (Lipinski definition) is 5. The molecular formula is C24H18F5N7. The number of alkyl halides is 3. The summed E-state index contributed by atoms with van der Waals surface area (Å²) in [5.74, 6) is -1.30. The fourth-order valence-electron chi connectivity index (χ4n) is 3.44. The van der Waals surface area contributed by atoms with Crippen LogP contribution < -0.4 is 0 Å². The van der Waals surface area contributed by atoms with Crippen LogP contribution in [0.2, 0.25) is 0 Å². The normalized spacial score (nSPS) is 11.2. The molecule has 0 spiro atoms. The van der Waals surface area contributed by atoms with Crippen LogP contribution >= 0.6 is 0 Å². The zero-order chi connectivity index (χ0) is 25.9. The van der Waals surface area contributed by atoms with Crippen molar-refractivity contribution < 1.29 is 22.0 Å². The quantitative estimate of drug-likeness (QED) is 0.302. The Morgan fingerprint density at radius 1 is 0.778 bits per heavy atom. The molecule has 0 aliphatic carbocycles. The first-order valence-corrected chi connectivity index (χ1v) is 10.7. The number of rotatable bonds is 4. The Morgan fingerprint density at radius 3 is 2.06 bits per heavy atom. The van der Waals surface area contributed by atoms with E-state index >= 15 is 0 Å². The van der Waals surface area contributed by atoms with Crippen LogP contribution in [-0.2, 0) is 6.18 Å². The molecular weight excluding hydrogens is 481 g/mol. The molecule has 3 aromatic carbocycles. The van der Waals surface area contributed by atoms with E-state index in [4.69, 9.17) is 0 Å². The van der Waals surface area contributed by atoms with E-state index in [2.05, 4.69) is 30.9 Å². The van der Waals surface area contributed by atoms with Gasteiger partial charge in [-0.25, -0.2) is 13.5 Å². The van der Waals surface area contributed by atoms with Crippen molar-refractivity contribution in [1.29, 1.82) is 0 Å². The van der Waals surface area contributed by atoms with Crippen LogP contribution in [0, 0.1) is 11.6 Å². The van der Waals surface area contributed by atoms with Crippen LogP contribution in [0.1, 0.15) is 19.4 Å². The van der Waals surface area contributed by atoms with Gasteiger partial charge in [-0.15, -0.1) is 15.3 Å². The maximum absolute atomic E-state index is 13.6. The lowest BCUT2D eigenvalue weighted by atomic mass is 10.00. The molecule has 5 rings (SSSR count). The number of nitrogens with one attached hydrogen (secondary N) is 1. The molecule has 0 bridgehead atoms. The standard InChI is InChI=1S/C22H12F5N7.C2H6/c23-16-7-14(8-17(24)10-16)19-11-34(33-28-19)20-6-3-13(9-18(20)21-29-31-32-30-21)12-1-4-15(5-2-12)22(25,26)27;1-2/h1-11H,(H,29,30,31,32);1-2H3. The number of tetrazole rings is 1. The first-order valence-electron chi connectivity index (χ1n) is 10.7. The molecule has 5 aromatic rings. The van der Waals surface area contributed by atoms with E-state index in [0.717, 1.165) is 30.3 Å². The monoisotopic (exact) mass is 499 g/mol. The Labute approximate surface area is 201 Å². The van der Waals surface area contributed by atoms with Gasteiger partial charge in [-0.1, -0.05) is 37.3 Å². The second kappa shape index (κ2) is 10.0. The molecule has 0 saturated carbocycles. The van der Waals surface area contributed by atoms with Crippen molar-refractivity contribution >= 4 is 0 Å². The highest BCUT2D eigenvalue weighted by Gasteiger charge is 2.30. The molecule has 1 N–H and O–H groups in total. The summed E-state index contributed by atoms with van der Waals surface area (Å²) >= 11 is 0. The Balaban J connectivity index is 0.00000148. The third-order valence-corrected chi connectivity index (χ3v) is 5.03. The molecule has 12 heteroatoms. The molecule has 0 fully saturated rings. The molecule has 184 valence electrons. The lowest BCUT2D eigenvalue weighted by Crippen LogP contribution is -2.04. The van der Waals surface area contributed by atoms with Gasteiger partial charge in [0.05, 0.1) is 17.4 Å². The van der Waals surface area contributed by atoms with Crippen LogP contribution in [-0.4, -0.2) is 35.6 Å². The van der Waals surface area contributed by atoms with Crippen LogP contribution in [0.25, 0.3) is 39.5 Å². The van der Waals surface area contributed by atoms with Crippen molar-refractivity contribution in [2.75, 3.05) is 0 Å². The van der Waals surface area contributed by atoms with Gasteiger partial charge in [0, 0.05) is 17.2 Å². The molecule has 0 aliphatic rings. The van der Waals surface area contributed by atoms with Crippen molar-refractivity contribution in [1.82, 2.24) is 35.6 Å². The fourth-order valence-corrected chi connectivity index (χ4v) is 3.44. The molecule has 0 atom stereocenters. The largest absolute Gasteiger partial charge is 0.416 e. The van der Waals surface area contributed by atoms with Gasteiger partial charge in [0.1, 0.15) is 17.3 Å². The molecule has 36 heavy (non-hydrogen) atoms. The third-order valence-electron chi connectivity index (χ3n) is 5.03. The van der Waals surface area contributed by atoms with Crippen molar-refractivity contribution in [2.24, 2.45) is 0 Å². The van der Waals surface area contributed by atoms with Gasteiger partial charge in [-0.3, -0.25) is 0 Å². The minimum atomic E-state index is -4.44. The van der Waals surface area contributed by atoms with E-state index in [0.29, 0.717) is 22.4 Å². The summed E-state index contributed by atoms with van der Waals surface area (Å²) in [5.41, 5.74) is 1.73. The second-order valence-electron chi connectivity index (χ2n) is 7.25. The highest BCUT2D eigenvalue weighted by Crippen LogP contribution is 2.33. The highest BCUT2D eigenvalue weighted by molar-refractivity contribution is 5.76. The number of aromatic nitrogens is 7. The van der Waals surface area contributed by atoms with Crippen molar-refractivity contribution in [2.45, 2.75) is 20.0 Å². The number of halogens is 5. The number of hydrogen-bond donors (Lipinski definition) is 1. The smallest absolute Gasteiger partial charge is 0.219 e. The van der Waals surface area contributed by atoms with Crippen molar-refractivity contribution in [3.8, 4) is 39.5 Å². The van der Waals surface area contributed by atoms with Crippen LogP contribution in [0.3, 0.4) is 0 Å². The molecule has 0 unspecified atom stereocenters. The molecule has 0 aliphatic heterocycles. The average molecular weight is 499 g/mol. The van der Waals surface area contributed by atoms with Crippen molar-refractivity contribution in [3.05, 3.63) is 84.1 Å². The van der Waals surface area contributed by atoms with Gasteiger partial charge in [0.15, 0.2) is 0 Å². The first-order chi connectivity index (χ1) is 17.3. The van der Waals surface area contributed by atoms with Crippen LogP contribution in [0.15, 0.2) is 66.9 Å². The van der Waals surface area contributed by atoms with Gasteiger partial charge in [0.25, 0.3) is 0 Å². The lowest BCUT2D eigenvalue weighted by molar-refractivity contribution is -0.137. The maximum atomic E-state index is 13.6. The Bertz CT molecular complexity index is 1440. The number of nitrogens with zero attached hydrogens (tertiary/aromatic N) is 6. The minimum Gasteiger partial charge on any atom is -0.219 e. The van der Waals surface area contributed by atoms with E-state index in [1.54, 1.807) is 18.2 Å². The van der Waals surface area contributed by atoms with E-state index < -0.39 is 23.4 Å². The zero-order valence-electron chi connectivity index (χ0n) is 18.9. The van der Waals surface area contributed by atoms with Gasteiger partial charge < -0.3 is 0 Å². The van der Waals surface area contributed by atoms with E-state index in [-0.39, 0.29) is 17.1 Å². The topological polar surface area (TPSA) is 85.2 Å². The van der Waals surface area contributed by atoms with Gasteiger partial charge in [-0.2, -0.15) is 18.4 Å². The SMILES string of the molecule is CC.Fc1cc(F)cc(-c2cn(-c3ccc(-c4ccc(C(F)(F)F)cc4)cc3-c3nn[nH]n3)nn2)c1. The summed E-state index contributed by atoms with van der Waals surface area (Å²) < 4.78 is 67.3. The van der Waals surface area contributed by atoms with Crippen LogP contribution in [0.5, 0.6) is 0 Å². The lowest BCUT2D eigenvalue weighted by Gasteiger charge is -2.11. The van der Waals surface area contributed by atoms with Gasteiger partial charge in [0.2, 0.25) is 5.82 Å². The predicted molar refractivity (Wildman–Crippen MR) is 122 cm³/mol. The summed E-state index contributed by atoms with van der Waals surface area (Å²) in [5, 5.41) is 21.9. The molecule has 2 aromatic heterocycles. The number of aromatic amines is 1. The second-order valence-corrected chi connectivity index (χ2v) is 7.25. The fraction of sp³-hybridized carbons (Fsp3) is 0.125. The third kappa shape index (κ3) is 5.11. The summed E-state index contributed by atoms with van der Waals surface area (Å²) in [6.45, 7) is 4.00. The predicted octanol–water partition coefficient (Wildman–Crippen LogP) is 6.10. The Hall–Kier alpha value is -4.48. The highest BCUT2D eigenvalue weighted by atomic mass is 19.4. The van der Waals surface area contributed by atoms with Crippen LogP contribution in [0.4, 0.5) is 22.0 Å². The summed E-state index contributed by atoms with van der Waals surface area (Å²) in [6, 6.07) is 12.8. The molecule has 7 nitrogen and oxygen atoms in total. The van der Waals surface area contributed by atoms with E-state index in [1.807, 2.05) is 13.8 Å². The molecule has 0 radical (unpaired) electrons. The van der Waals surface area contributed by atoms with Gasteiger partial charge >= 0.3 is 6.18 Å². The molecule has 0 amide bonds. The average Bonchev–Trinajstić information content (AvgIpc) is 3.57. The van der Waals surface area contributed by atoms with Gasteiger partial charge in [-0.05, 0) is 52.7 Å². The molecule has 2 heterocycles. The maximum Gasteiger partial charge on any atom is 0.416 e. The number of H-pyrrole nitrogens is 1.